The number of pyridine rings is 1. The lowest BCUT2D eigenvalue weighted by atomic mass is 9.89. The molecule has 0 atom stereocenters. The number of rotatable bonds is 1. The van der Waals surface area contributed by atoms with Gasteiger partial charge in [-0.25, -0.2) is 0 Å². The van der Waals surface area contributed by atoms with Crippen LogP contribution in [-0.2, 0) is 0 Å². The summed E-state index contributed by atoms with van der Waals surface area (Å²) in [5, 5.41) is 1.36. The van der Waals surface area contributed by atoms with Gasteiger partial charge in [0.05, 0.1) is 5.52 Å². The Bertz CT molecular complexity index is 664. The van der Waals surface area contributed by atoms with Crippen molar-refractivity contribution in [1.29, 1.82) is 0 Å². The molecule has 0 radical (unpaired) electrons. The Labute approximate surface area is 117 Å². The van der Waals surface area contributed by atoms with Crippen molar-refractivity contribution in [2.24, 2.45) is 0 Å². The summed E-state index contributed by atoms with van der Waals surface area (Å²) in [5.74, 6) is 0.476. The van der Waals surface area contributed by atoms with Crippen molar-refractivity contribution in [3.8, 4) is 0 Å². The van der Waals surface area contributed by atoms with Crippen LogP contribution in [-0.4, -0.2) is 4.98 Å². The molecule has 1 heterocycles. The summed E-state index contributed by atoms with van der Waals surface area (Å²) in [4.78, 5) is 5.00. The Morgan fingerprint density at radius 2 is 1.11 bits per heavy atom. The van der Waals surface area contributed by atoms with Crippen LogP contribution in [0, 0.1) is 41.5 Å². The highest BCUT2D eigenvalue weighted by Gasteiger charge is 2.17. The van der Waals surface area contributed by atoms with E-state index >= 15 is 0 Å². The summed E-state index contributed by atoms with van der Waals surface area (Å²) >= 11 is 0. The zero-order valence-electron chi connectivity index (χ0n) is 13.5. The lowest BCUT2D eigenvalue weighted by Gasteiger charge is -2.20. The van der Waals surface area contributed by atoms with E-state index in [1.807, 2.05) is 0 Å². The van der Waals surface area contributed by atoms with Crippen molar-refractivity contribution in [2.75, 3.05) is 0 Å². The molecular weight excluding hydrogens is 230 g/mol. The Morgan fingerprint density at radius 1 is 0.632 bits per heavy atom. The first-order chi connectivity index (χ1) is 8.77. The van der Waals surface area contributed by atoms with Crippen LogP contribution in [0.25, 0.3) is 10.9 Å². The van der Waals surface area contributed by atoms with E-state index in [1.165, 1.54) is 50.0 Å². The van der Waals surface area contributed by atoms with Crippen LogP contribution in [0.5, 0.6) is 0 Å². The minimum atomic E-state index is 0.476. The summed E-state index contributed by atoms with van der Waals surface area (Å²) in [6.07, 6.45) is 0. The van der Waals surface area contributed by atoms with Gasteiger partial charge in [-0.05, 0) is 80.8 Å². The molecular formula is C18H25N. The third kappa shape index (κ3) is 1.96. The van der Waals surface area contributed by atoms with Gasteiger partial charge in [0.1, 0.15) is 0 Å². The fraction of sp³-hybridized carbons (Fsp3) is 0.500. The van der Waals surface area contributed by atoms with Crippen molar-refractivity contribution < 1.29 is 0 Å². The highest BCUT2D eigenvalue weighted by atomic mass is 14.7. The normalized spacial score (nSPS) is 11.6. The second-order valence-corrected chi connectivity index (χ2v) is 6.13. The third-order valence-corrected chi connectivity index (χ3v) is 4.76. The lowest BCUT2D eigenvalue weighted by molar-refractivity contribution is 0.815. The van der Waals surface area contributed by atoms with Gasteiger partial charge in [-0.3, -0.25) is 4.98 Å². The molecule has 0 amide bonds. The molecule has 0 saturated carbocycles. The molecule has 1 nitrogen and oxygen atoms in total. The number of hydrogen-bond acceptors (Lipinski definition) is 1. The molecule has 1 aromatic heterocycles. The van der Waals surface area contributed by atoms with Crippen LogP contribution in [0.1, 0.15) is 58.8 Å². The maximum absolute atomic E-state index is 5.00. The average Bonchev–Trinajstić information content (AvgIpc) is 2.36. The van der Waals surface area contributed by atoms with E-state index in [4.69, 9.17) is 4.98 Å². The topological polar surface area (TPSA) is 12.9 Å². The molecule has 0 N–H and O–H groups in total. The zero-order valence-corrected chi connectivity index (χ0v) is 13.5. The number of nitrogens with zero attached hydrogens (tertiary/aromatic N) is 1. The predicted octanol–water partition coefficient (Wildman–Crippen LogP) is 5.21. The Morgan fingerprint density at radius 3 is 1.63 bits per heavy atom. The van der Waals surface area contributed by atoms with Crippen molar-refractivity contribution in [3.63, 3.8) is 0 Å². The molecule has 2 aromatic rings. The molecule has 2 rings (SSSR count). The van der Waals surface area contributed by atoms with Gasteiger partial charge in [-0.15, -0.1) is 0 Å². The summed E-state index contributed by atoms with van der Waals surface area (Å²) in [6, 6.07) is 0. The number of fused-ring (bicyclic) bond motifs is 1. The van der Waals surface area contributed by atoms with E-state index in [1.54, 1.807) is 0 Å². The smallest absolute Gasteiger partial charge is 0.0742 e. The zero-order chi connectivity index (χ0) is 14.5. The molecule has 0 aliphatic carbocycles. The molecule has 0 aliphatic heterocycles. The van der Waals surface area contributed by atoms with Crippen LogP contribution in [0.4, 0.5) is 0 Å². The highest BCUT2D eigenvalue weighted by Crippen LogP contribution is 2.33. The maximum Gasteiger partial charge on any atom is 0.0742 e. The summed E-state index contributed by atoms with van der Waals surface area (Å²) < 4.78 is 0. The molecule has 0 fully saturated rings. The highest BCUT2D eigenvalue weighted by molar-refractivity contribution is 5.91. The lowest BCUT2D eigenvalue weighted by Crippen LogP contribution is -2.05. The van der Waals surface area contributed by atoms with Gasteiger partial charge >= 0.3 is 0 Å². The first-order valence-electron chi connectivity index (χ1n) is 7.14. The summed E-state index contributed by atoms with van der Waals surface area (Å²) in [7, 11) is 0. The standard InChI is InChI=1S/C18H25N/c1-9(2)17-15(8)13(6)16-12(5)10(3)11(4)14(7)18(16)19-17/h9H,1-8H3. The van der Waals surface area contributed by atoms with Crippen molar-refractivity contribution in [2.45, 2.75) is 61.3 Å². The van der Waals surface area contributed by atoms with Gasteiger partial charge in [0, 0.05) is 11.1 Å². The van der Waals surface area contributed by atoms with Gasteiger partial charge < -0.3 is 0 Å². The first kappa shape index (κ1) is 14.0. The van der Waals surface area contributed by atoms with Gasteiger partial charge in [0.2, 0.25) is 0 Å². The van der Waals surface area contributed by atoms with Crippen LogP contribution in [0.2, 0.25) is 0 Å². The van der Waals surface area contributed by atoms with Crippen molar-refractivity contribution >= 4 is 10.9 Å². The second kappa shape index (κ2) is 4.63. The van der Waals surface area contributed by atoms with Gasteiger partial charge in [-0.1, -0.05) is 13.8 Å². The molecule has 19 heavy (non-hydrogen) atoms. The van der Waals surface area contributed by atoms with Crippen LogP contribution in [0.3, 0.4) is 0 Å². The Kier molecular flexibility index (Phi) is 3.42. The number of hydrogen-bond donors (Lipinski definition) is 0. The molecule has 102 valence electrons. The molecule has 1 heteroatoms. The van der Waals surface area contributed by atoms with Crippen LogP contribution in [0.15, 0.2) is 0 Å². The molecule has 1 aromatic carbocycles. The third-order valence-electron chi connectivity index (χ3n) is 4.76. The predicted molar refractivity (Wildman–Crippen MR) is 84.3 cm³/mol. The quantitative estimate of drug-likeness (QED) is 0.681. The summed E-state index contributed by atoms with van der Waals surface area (Å²) in [6.45, 7) is 17.8. The first-order valence-corrected chi connectivity index (χ1v) is 7.14. The largest absolute Gasteiger partial charge is 0.252 e. The molecule has 0 unspecified atom stereocenters. The molecule has 0 saturated heterocycles. The van der Waals surface area contributed by atoms with Gasteiger partial charge in [0.25, 0.3) is 0 Å². The second-order valence-electron chi connectivity index (χ2n) is 6.13. The van der Waals surface area contributed by atoms with E-state index < -0.39 is 0 Å². The maximum atomic E-state index is 5.00. The molecule has 0 bridgehead atoms. The van der Waals surface area contributed by atoms with Crippen LogP contribution >= 0.6 is 0 Å². The Hall–Kier alpha value is -1.37. The fourth-order valence-electron chi connectivity index (χ4n) is 3.04. The van der Waals surface area contributed by atoms with Crippen molar-refractivity contribution in [1.82, 2.24) is 4.98 Å². The Balaban J connectivity index is 3.05. The van der Waals surface area contributed by atoms with Gasteiger partial charge in [-0.2, -0.15) is 0 Å². The van der Waals surface area contributed by atoms with E-state index in [-0.39, 0.29) is 0 Å². The number of benzene rings is 1. The molecule has 0 spiro atoms. The van der Waals surface area contributed by atoms with Crippen LogP contribution < -0.4 is 0 Å². The SMILES string of the molecule is Cc1c(C)c(C)c2c(C)c(C)c(C(C)C)nc2c1C. The minimum Gasteiger partial charge on any atom is -0.252 e. The van der Waals surface area contributed by atoms with E-state index in [0.717, 1.165) is 0 Å². The summed E-state index contributed by atoms with van der Waals surface area (Å²) in [5.41, 5.74) is 10.7. The van der Waals surface area contributed by atoms with E-state index in [0.29, 0.717) is 5.92 Å². The minimum absolute atomic E-state index is 0.476. The van der Waals surface area contributed by atoms with Crippen molar-refractivity contribution in [3.05, 3.63) is 39.1 Å². The number of aryl methyl sites for hydroxylation is 3. The molecule has 0 aliphatic rings. The monoisotopic (exact) mass is 255 g/mol. The van der Waals surface area contributed by atoms with E-state index in [9.17, 15) is 0 Å². The van der Waals surface area contributed by atoms with E-state index in [2.05, 4.69) is 55.4 Å². The van der Waals surface area contributed by atoms with Gasteiger partial charge in [0.15, 0.2) is 0 Å². The number of aromatic nitrogens is 1. The fourth-order valence-corrected chi connectivity index (χ4v) is 3.04. The average molecular weight is 255 g/mol.